The summed E-state index contributed by atoms with van der Waals surface area (Å²) >= 11 is 12.1. The molecule has 0 aliphatic rings. The van der Waals surface area contributed by atoms with Gasteiger partial charge in [-0.2, -0.15) is 0 Å². The third-order valence-electron chi connectivity index (χ3n) is 5.21. The second-order valence-electron chi connectivity index (χ2n) is 7.75. The standard InChI is InChI=1S/C25H22Cl2N2O3/c1-13-10-14(2)23-21(11-13)29-25(32-23)18-6-5-7-20(15(18)3)28-24(30)16(4)31-22-9-8-17(26)12-19(22)27/h5-12,16H,1-4H3,(H,28,30). The summed E-state index contributed by atoms with van der Waals surface area (Å²) in [6, 6.07) is 14.5. The van der Waals surface area contributed by atoms with Crippen molar-refractivity contribution in [2.75, 3.05) is 5.32 Å². The Morgan fingerprint density at radius 1 is 1.09 bits per heavy atom. The van der Waals surface area contributed by atoms with Crippen LogP contribution in [0.3, 0.4) is 0 Å². The smallest absolute Gasteiger partial charge is 0.265 e. The zero-order chi connectivity index (χ0) is 23.0. The van der Waals surface area contributed by atoms with Crippen LogP contribution in [0.5, 0.6) is 5.75 Å². The maximum absolute atomic E-state index is 12.8. The molecule has 32 heavy (non-hydrogen) atoms. The number of aryl methyl sites for hydroxylation is 2. The number of ether oxygens (including phenoxy) is 1. The molecule has 0 radical (unpaired) electrons. The molecule has 1 amide bonds. The molecule has 4 aromatic rings. The van der Waals surface area contributed by atoms with Gasteiger partial charge in [-0.15, -0.1) is 0 Å². The van der Waals surface area contributed by atoms with Crippen LogP contribution in [0, 0.1) is 20.8 Å². The fraction of sp³-hybridized carbons (Fsp3) is 0.200. The molecule has 1 unspecified atom stereocenters. The lowest BCUT2D eigenvalue weighted by Crippen LogP contribution is -2.30. The van der Waals surface area contributed by atoms with Gasteiger partial charge in [-0.05, 0) is 80.8 Å². The van der Waals surface area contributed by atoms with Gasteiger partial charge in [-0.25, -0.2) is 4.98 Å². The minimum absolute atomic E-state index is 0.305. The van der Waals surface area contributed by atoms with Crippen LogP contribution >= 0.6 is 23.2 Å². The van der Waals surface area contributed by atoms with Gasteiger partial charge in [0.25, 0.3) is 5.91 Å². The van der Waals surface area contributed by atoms with Gasteiger partial charge < -0.3 is 14.5 Å². The molecular weight excluding hydrogens is 447 g/mol. The van der Waals surface area contributed by atoms with E-state index < -0.39 is 6.10 Å². The number of hydrogen-bond acceptors (Lipinski definition) is 4. The molecule has 0 aliphatic carbocycles. The number of hydrogen-bond donors (Lipinski definition) is 1. The van der Waals surface area contributed by atoms with Crippen molar-refractivity contribution in [2.45, 2.75) is 33.8 Å². The number of nitrogens with zero attached hydrogens (tertiary/aromatic N) is 1. The Bertz CT molecular complexity index is 1330. The van der Waals surface area contributed by atoms with E-state index in [4.69, 9.17) is 32.4 Å². The first-order valence-electron chi connectivity index (χ1n) is 10.1. The molecule has 0 spiro atoms. The van der Waals surface area contributed by atoms with E-state index in [-0.39, 0.29) is 5.91 Å². The number of fused-ring (bicyclic) bond motifs is 1. The Morgan fingerprint density at radius 2 is 1.88 bits per heavy atom. The number of amides is 1. The predicted octanol–water partition coefficient (Wildman–Crippen LogP) is 7.13. The zero-order valence-corrected chi connectivity index (χ0v) is 19.6. The summed E-state index contributed by atoms with van der Waals surface area (Å²) in [6.07, 6.45) is -0.772. The van der Waals surface area contributed by atoms with Gasteiger partial charge in [0.1, 0.15) is 11.3 Å². The van der Waals surface area contributed by atoms with Crippen LogP contribution < -0.4 is 10.1 Å². The maximum atomic E-state index is 12.8. The summed E-state index contributed by atoms with van der Waals surface area (Å²) in [5, 5.41) is 3.76. The van der Waals surface area contributed by atoms with Crippen molar-refractivity contribution >= 4 is 45.9 Å². The van der Waals surface area contributed by atoms with Crippen molar-refractivity contribution in [3.05, 3.63) is 75.3 Å². The average Bonchev–Trinajstić information content (AvgIpc) is 3.15. The molecular formula is C25H22Cl2N2O3. The van der Waals surface area contributed by atoms with Crippen LogP contribution in [0.4, 0.5) is 5.69 Å². The van der Waals surface area contributed by atoms with Crippen LogP contribution in [0.25, 0.3) is 22.6 Å². The molecule has 0 bridgehead atoms. The number of anilines is 1. The monoisotopic (exact) mass is 468 g/mol. The van der Waals surface area contributed by atoms with Crippen LogP contribution in [0.2, 0.25) is 10.0 Å². The lowest BCUT2D eigenvalue weighted by Gasteiger charge is -2.17. The molecule has 1 N–H and O–H groups in total. The van der Waals surface area contributed by atoms with Crippen LogP contribution in [-0.4, -0.2) is 17.0 Å². The lowest BCUT2D eigenvalue weighted by molar-refractivity contribution is -0.122. The first-order valence-corrected chi connectivity index (χ1v) is 10.9. The number of halogens is 2. The van der Waals surface area contributed by atoms with E-state index in [1.54, 1.807) is 25.1 Å². The van der Waals surface area contributed by atoms with E-state index in [1.807, 2.05) is 45.0 Å². The number of oxazole rings is 1. The van der Waals surface area contributed by atoms with Crippen LogP contribution in [0.1, 0.15) is 23.6 Å². The Labute approximate surface area is 196 Å². The van der Waals surface area contributed by atoms with E-state index in [9.17, 15) is 4.79 Å². The topological polar surface area (TPSA) is 64.4 Å². The summed E-state index contributed by atoms with van der Waals surface area (Å²) in [5.41, 5.74) is 6.05. The highest BCUT2D eigenvalue weighted by Gasteiger charge is 2.19. The Balaban J connectivity index is 1.57. The molecule has 0 aliphatic heterocycles. The summed E-state index contributed by atoms with van der Waals surface area (Å²) in [5.74, 6) is 0.598. The van der Waals surface area contributed by atoms with Crippen molar-refractivity contribution in [2.24, 2.45) is 0 Å². The second-order valence-corrected chi connectivity index (χ2v) is 8.59. The van der Waals surface area contributed by atoms with E-state index >= 15 is 0 Å². The third kappa shape index (κ3) is 4.45. The molecule has 5 nitrogen and oxygen atoms in total. The number of carbonyl (C=O) groups excluding carboxylic acids is 1. The zero-order valence-electron chi connectivity index (χ0n) is 18.1. The summed E-state index contributed by atoms with van der Waals surface area (Å²) in [4.78, 5) is 17.4. The highest BCUT2D eigenvalue weighted by atomic mass is 35.5. The van der Waals surface area contributed by atoms with Crippen molar-refractivity contribution in [3.8, 4) is 17.2 Å². The number of nitrogens with one attached hydrogen (secondary N) is 1. The van der Waals surface area contributed by atoms with E-state index in [0.717, 1.165) is 33.4 Å². The highest BCUT2D eigenvalue weighted by Crippen LogP contribution is 2.32. The van der Waals surface area contributed by atoms with Crippen LogP contribution in [0.15, 0.2) is 52.9 Å². The molecule has 1 heterocycles. The minimum Gasteiger partial charge on any atom is -0.479 e. The second kappa shape index (κ2) is 8.85. The van der Waals surface area contributed by atoms with Crippen molar-refractivity contribution < 1.29 is 13.9 Å². The quantitative estimate of drug-likeness (QED) is 0.338. The molecule has 4 rings (SSSR count). The molecule has 0 fully saturated rings. The normalized spacial score (nSPS) is 12.1. The molecule has 164 valence electrons. The maximum Gasteiger partial charge on any atom is 0.265 e. The molecule has 0 saturated carbocycles. The van der Waals surface area contributed by atoms with Gasteiger partial charge in [-0.1, -0.05) is 35.3 Å². The molecule has 7 heteroatoms. The fourth-order valence-electron chi connectivity index (χ4n) is 3.54. The Morgan fingerprint density at radius 3 is 2.62 bits per heavy atom. The van der Waals surface area contributed by atoms with Gasteiger partial charge >= 0.3 is 0 Å². The van der Waals surface area contributed by atoms with E-state index in [1.165, 1.54) is 0 Å². The van der Waals surface area contributed by atoms with Gasteiger partial charge in [0, 0.05) is 16.3 Å². The largest absolute Gasteiger partial charge is 0.479 e. The van der Waals surface area contributed by atoms with Gasteiger partial charge in [-0.3, -0.25) is 4.79 Å². The summed E-state index contributed by atoms with van der Waals surface area (Å²) in [6.45, 7) is 7.61. The van der Waals surface area contributed by atoms with Crippen LogP contribution in [-0.2, 0) is 4.79 Å². The summed E-state index contributed by atoms with van der Waals surface area (Å²) in [7, 11) is 0. The van der Waals surface area contributed by atoms with E-state index in [0.29, 0.717) is 27.4 Å². The fourth-order valence-corrected chi connectivity index (χ4v) is 4.00. The minimum atomic E-state index is -0.772. The van der Waals surface area contributed by atoms with Crippen molar-refractivity contribution in [3.63, 3.8) is 0 Å². The SMILES string of the molecule is Cc1cc(C)c2oc(-c3cccc(NC(=O)C(C)Oc4ccc(Cl)cc4Cl)c3C)nc2c1. The first-order chi connectivity index (χ1) is 15.2. The number of carbonyl (C=O) groups is 1. The molecule has 1 aromatic heterocycles. The third-order valence-corrected chi connectivity index (χ3v) is 5.74. The van der Waals surface area contributed by atoms with E-state index in [2.05, 4.69) is 16.4 Å². The Hall–Kier alpha value is -3.02. The number of rotatable bonds is 5. The number of aromatic nitrogens is 1. The molecule has 0 saturated heterocycles. The highest BCUT2D eigenvalue weighted by molar-refractivity contribution is 6.35. The predicted molar refractivity (Wildman–Crippen MR) is 129 cm³/mol. The van der Waals surface area contributed by atoms with Gasteiger partial charge in [0.05, 0.1) is 5.02 Å². The molecule has 3 aromatic carbocycles. The van der Waals surface area contributed by atoms with Crippen molar-refractivity contribution in [1.82, 2.24) is 4.98 Å². The molecule has 1 atom stereocenters. The van der Waals surface area contributed by atoms with Crippen molar-refractivity contribution in [1.29, 1.82) is 0 Å². The Kier molecular flexibility index (Phi) is 6.13. The van der Waals surface area contributed by atoms with Gasteiger partial charge in [0.2, 0.25) is 5.89 Å². The van der Waals surface area contributed by atoms with Gasteiger partial charge in [0.15, 0.2) is 11.7 Å². The summed E-state index contributed by atoms with van der Waals surface area (Å²) < 4.78 is 11.8. The lowest BCUT2D eigenvalue weighted by atomic mass is 10.1. The average molecular weight is 469 g/mol. The first kappa shape index (κ1) is 22.2. The number of benzene rings is 3.